The van der Waals surface area contributed by atoms with E-state index in [1.165, 1.54) is 37.8 Å². The number of hydrogen-bond donors (Lipinski definition) is 0. The molecule has 2 heterocycles. The fourth-order valence-corrected chi connectivity index (χ4v) is 6.54. The molecular weight excluding hydrogens is 415 g/mol. The van der Waals surface area contributed by atoms with Crippen LogP contribution in [0.2, 0.25) is 0 Å². The Morgan fingerprint density at radius 2 is 1.64 bits per heavy atom. The normalized spacial score (nSPS) is 23.7. The molecule has 2 aromatic carbocycles. The summed E-state index contributed by atoms with van der Waals surface area (Å²) in [7, 11) is 0. The van der Waals surface area contributed by atoms with Crippen molar-refractivity contribution in [3.8, 4) is 11.4 Å². The smallest absolute Gasteiger partial charge is 0.260 e. The zero-order valence-corrected chi connectivity index (χ0v) is 18.8. The largest absolute Gasteiger partial charge is 0.273 e. The van der Waals surface area contributed by atoms with Gasteiger partial charge in [-0.05, 0) is 62.1 Å². The lowest BCUT2D eigenvalue weighted by Crippen LogP contribution is -2.61. The highest BCUT2D eigenvalue weighted by molar-refractivity contribution is 6.06. The number of anilines is 1. The van der Waals surface area contributed by atoms with Gasteiger partial charge in [0.05, 0.1) is 5.54 Å². The van der Waals surface area contributed by atoms with E-state index in [1.807, 2.05) is 35.2 Å². The van der Waals surface area contributed by atoms with Crippen LogP contribution < -0.4 is 4.90 Å². The van der Waals surface area contributed by atoms with Gasteiger partial charge in [0.25, 0.3) is 5.91 Å². The molecule has 0 saturated heterocycles. The van der Waals surface area contributed by atoms with Crippen molar-refractivity contribution in [3.63, 3.8) is 0 Å². The van der Waals surface area contributed by atoms with Crippen LogP contribution in [0.15, 0.2) is 54.6 Å². The number of halogens is 1. The molecule has 2 aliphatic carbocycles. The first kappa shape index (κ1) is 20.6. The Labute approximate surface area is 193 Å². The SMILES string of the molecule is O=C(c1ccccc1)N1c2nc(-c3ccc(F)cc3)nn2C2(CCCCC2)[C@@H]2CCCC[C@@H]21. The van der Waals surface area contributed by atoms with Crippen LogP contribution in [0, 0.1) is 11.7 Å². The Bertz CT molecular complexity index is 1150. The third kappa shape index (κ3) is 3.30. The molecule has 0 bridgehead atoms. The molecular formula is C27H29FN4O. The summed E-state index contributed by atoms with van der Waals surface area (Å²) in [6, 6.07) is 16.0. The summed E-state index contributed by atoms with van der Waals surface area (Å²) in [6.45, 7) is 0. The van der Waals surface area contributed by atoms with Gasteiger partial charge in [-0.3, -0.25) is 9.69 Å². The fraction of sp³-hybridized carbons (Fsp3) is 0.444. The molecule has 1 amide bonds. The maximum absolute atomic E-state index is 13.9. The monoisotopic (exact) mass is 444 g/mol. The topological polar surface area (TPSA) is 51.0 Å². The van der Waals surface area contributed by atoms with E-state index in [0.717, 1.165) is 37.7 Å². The van der Waals surface area contributed by atoms with Crippen molar-refractivity contribution in [2.45, 2.75) is 69.4 Å². The van der Waals surface area contributed by atoms with Crippen LogP contribution in [-0.2, 0) is 5.54 Å². The molecule has 2 fully saturated rings. The first-order valence-electron chi connectivity index (χ1n) is 12.3. The number of benzene rings is 2. The van der Waals surface area contributed by atoms with Crippen molar-refractivity contribution >= 4 is 11.9 Å². The maximum Gasteiger partial charge on any atom is 0.260 e. The van der Waals surface area contributed by atoms with Crippen molar-refractivity contribution in [2.75, 3.05) is 4.90 Å². The van der Waals surface area contributed by atoms with Gasteiger partial charge in [-0.25, -0.2) is 9.07 Å². The van der Waals surface area contributed by atoms with Crippen molar-refractivity contribution in [1.29, 1.82) is 0 Å². The van der Waals surface area contributed by atoms with E-state index < -0.39 is 0 Å². The summed E-state index contributed by atoms with van der Waals surface area (Å²) >= 11 is 0. The second-order valence-corrected chi connectivity index (χ2v) is 9.82. The van der Waals surface area contributed by atoms with Gasteiger partial charge in [0, 0.05) is 23.1 Å². The minimum Gasteiger partial charge on any atom is -0.273 e. The van der Waals surface area contributed by atoms with Gasteiger partial charge < -0.3 is 0 Å². The minimum atomic E-state index is -0.279. The highest BCUT2D eigenvalue weighted by Gasteiger charge is 2.55. The van der Waals surface area contributed by atoms with Crippen molar-refractivity contribution < 1.29 is 9.18 Å². The molecule has 1 aromatic heterocycles. The van der Waals surface area contributed by atoms with Crippen LogP contribution in [0.3, 0.4) is 0 Å². The second-order valence-electron chi connectivity index (χ2n) is 9.82. The summed E-state index contributed by atoms with van der Waals surface area (Å²) in [5.41, 5.74) is 1.37. The van der Waals surface area contributed by atoms with Crippen LogP contribution in [0.25, 0.3) is 11.4 Å². The molecule has 33 heavy (non-hydrogen) atoms. The predicted octanol–water partition coefficient (Wildman–Crippen LogP) is 5.96. The Hall–Kier alpha value is -3.02. The highest BCUT2D eigenvalue weighted by atomic mass is 19.1. The van der Waals surface area contributed by atoms with Crippen LogP contribution in [0.4, 0.5) is 10.3 Å². The molecule has 2 saturated carbocycles. The average molecular weight is 445 g/mol. The molecule has 5 nitrogen and oxygen atoms in total. The second kappa shape index (κ2) is 8.08. The lowest BCUT2D eigenvalue weighted by atomic mass is 9.64. The number of amides is 1. The number of fused-ring (bicyclic) bond motifs is 4. The fourth-order valence-electron chi connectivity index (χ4n) is 6.54. The Morgan fingerprint density at radius 3 is 2.39 bits per heavy atom. The molecule has 6 heteroatoms. The van der Waals surface area contributed by atoms with E-state index in [2.05, 4.69) is 4.68 Å². The van der Waals surface area contributed by atoms with Gasteiger partial charge in [-0.15, -0.1) is 5.10 Å². The number of rotatable bonds is 2. The van der Waals surface area contributed by atoms with Gasteiger partial charge in [0.2, 0.25) is 5.95 Å². The first-order valence-corrected chi connectivity index (χ1v) is 12.3. The zero-order valence-electron chi connectivity index (χ0n) is 18.8. The third-order valence-corrected chi connectivity index (χ3v) is 8.04. The number of hydrogen-bond acceptors (Lipinski definition) is 3. The van der Waals surface area contributed by atoms with E-state index in [-0.39, 0.29) is 23.3 Å². The maximum atomic E-state index is 13.9. The zero-order chi connectivity index (χ0) is 22.4. The van der Waals surface area contributed by atoms with Crippen molar-refractivity contribution in [1.82, 2.24) is 14.8 Å². The predicted molar refractivity (Wildman–Crippen MR) is 125 cm³/mol. The van der Waals surface area contributed by atoms with Crippen LogP contribution in [-0.4, -0.2) is 26.7 Å². The van der Waals surface area contributed by atoms with E-state index in [1.54, 1.807) is 12.1 Å². The highest BCUT2D eigenvalue weighted by Crippen LogP contribution is 2.53. The molecule has 170 valence electrons. The van der Waals surface area contributed by atoms with E-state index in [4.69, 9.17) is 10.1 Å². The molecule has 1 aliphatic heterocycles. The summed E-state index contributed by atoms with van der Waals surface area (Å²) in [5.74, 6) is 1.33. The molecule has 0 radical (unpaired) electrons. The van der Waals surface area contributed by atoms with Gasteiger partial charge in [-0.1, -0.05) is 50.3 Å². The molecule has 6 rings (SSSR count). The Balaban J connectivity index is 1.54. The van der Waals surface area contributed by atoms with Gasteiger partial charge in [-0.2, -0.15) is 4.98 Å². The van der Waals surface area contributed by atoms with E-state index in [9.17, 15) is 9.18 Å². The van der Waals surface area contributed by atoms with Crippen LogP contribution in [0.5, 0.6) is 0 Å². The standard InChI is InChI=1S/C27H29FN4O/c28-21-15-13-19(14-16-21)24-29-26-31(25(33)20-9-3-1-4-10-20)23-12-6-5-11-22(23)27(32(26)30-24)17-7-2-8-18-27/h1,3-4,9-10,13-16,22-23H,2,5-8,11-12,17-18H2/t22-,23+/m1/s1. The molecule has 0 unspecified atom stereocenters. The van der Waals surface area contributed by atoms with Gasteiger partial charge >= 0.3 is 0 Å². The molecule has 3 aliphatic rings. The quantitative estimate of drug-likeness (QED) is 0.490. The third-order valence-electron chi connectivity index (χ3n) is 8.04. The lowest BCUT2D eigenvalue weighted by Gasteiger charge is -2.55. The van der Waals surface area contributed by atoms with Crippen molar-refractivity contribution in [3.05, 3.63) is 66.0 Å². The van der Waals surface area contributed by atoms with Crippen LogP contribution in [0.1, 0.15) is 68.1 Å². The van der Waals surface area contributed by atoms with E-state index >= 15 is 0 Å². The molecule has 0 N–H and O–H groups in total. The van der Waals surface area contributed by atoms with E-state index in [0.29, 0.717) is 23.3 Å². The number of nitrogens with zero attached hydrogens (tertiary/aromatic N) is 4. The minimum absolute atomic E-state index is 0.00235. The van der Waals surface area contributed by atoms with Crippen molar-refractivity contribution in [2.24, 2.45) is 5.92 Å². The number of aromatic nitrogens is 3. The molecule has 3 aromatic rings. The number of carbonyl (C=O) groups is 1. The summed E-state index contributed by atoms with van der Waals surface area (Å²) in [5, 5.41) is 5.03. The average Bonchev–Trinajstić information content (AvgIpc) is 3.32. The summed E-state index contributed by atoms with van der Waals surface area (Å²) in [6.07, 6.45) is 10.2. The Morgan fingerprint density at radius 1 is 0.909 bits per heavy atom. The summed E-state index contributed by atoms with van der Waals surface area (Å²) in [4.78, 5) is 20.8. The van der Waals surface area contributed by atoms with Gasteiger partial charge in [0.15, 0.2) is 5.82 Å². The lowest BCUT2D eigenvalue weighted by molar-refractivity contribution is 0.0314. The first-order chi connectivity index (χ1) is 16.2. The Kier molecular flexibility index (Phi) is 5.04. The number of carbonyl (C=O) groups excluding carboxylic acids is 1. The summed E-state index contributed by atoms with van der Waals surface area (Å²) < 4.78 is 15.7. The molecule has 2 atom stereocenters. The van der Waals surface area contributed by atoms with Crippen LogP contribution >= 0.6 is 0 Å². The molecule has 1 spiro atoms. The van der Waals surface area contributed by atoms with Gasteiger partial charge in [0.1, 0.15) is 5.82 Å².